The standard InChI is InChI=1S/C14H17ClN4O2/c1-9-13(5-6-16)10(2)18(17-9)8-11-3-4-12(15)7-14(11)19(20)21/h3-4,7H,5-6,8,16H2,1-2H3. The van der Waals surface area contributed by atoms with Gasteiger partial charge in [0, 0.05) is 16.8 Å². The summed E-state index contributed by atoms with van der Waals surface area (Å²) in [6.07, 6.45) is 0.750. The van der Waals surface area contributed by atoms with Crippen LogP contribution in [0.1, 0.15) is 22.5 Å². The lowest BCUT2D eigenvalue weighted by atomic mass is 10.1. The van der Waals surface area contributed by atoms with E-state index in [4.69, 9.17) is 17.3 Å². The van der Waals surface area contributed by atoms with Crippen molar-refractivity contribution in [1.29, 1.82) is 0 Å². The number of hydrogen-bond acceptors (Lipinski definition) is 4. The molecule has 1 aromatic heterocycles. The minimum atomic E-state index is -0.423. The number of benzene rings is 1. The van der Waals surface area contributed by atoms with Crippen LogP contribution in [0.5, 0.6) is 0 Å². The average molecular weight is 309 g/mol. The second kappa shape index (κ2) is 6.24. The SMILES string of the molecule is Cc1nn(Cc2ccc(Cl)cc2[N+](=O)[O-])c(C)c1CCN. The fourth-order valence-electron chi connectivity index (χ4n) is 2.40. The third kappa shape index (κ3) is 3.22. The molecular formula is C14H17ClN4O2. The number of hydrogen-bond donors (Lipinski definition) is 1. The van der Waals surface area contributed by atoms with Crippen molar-refractivity contribution in [2.45, 2.75) is 26.8 Å². The summed E-state index contributed by atoms with van der Waals surface area (Å²) < 4.78 is 1.77. The van der Waals surface area contributed by atoms with Gasteiger partial charge in [-0.25, -0.2) is 0 Å². The minimum absolute atomic E-state index is 0.00966. The maximum Gasteiger partial charge on any atom is 0.275 e. The zero-order valence-corrected chi connectivity index (χ0v) is 12.7. The molecule has 1 aromatic carbocycles. The fourth-order valence-corrected chi connectivity index (χ4v) is 2.56. The predicted octanol–water partition coefficient (Wildman–Crippen LogP) is 2.61. The van der Waals surface area contributed by atoms with Crippen molar-refractivity contribution in [3.05, 3.63) is 55.9 Å². The summed E-state index contributed by atoms with van der Waals surface area (Å²) in [5.74, 6) is 0. The zero-order chi connectivity index (χ0) is 15.6. The lowest BCUT2D eigenvalue weighted by molar-refractivity contribution is -0.385. The summed E-state index contributed by atoms with van der Waals surface area (Å²) in [5, 5.41) is 15.9. The predicted molar refractivity (Wildman–Crippen MR) is 81.7 cm³/mol. The lowest BCUT2D eigenvalue weighted by Crippen LogP contribution is -2.08. The normalized spacial score (nSPS) is 10.9. The molecule has 0 saturated carbocycles. The van der Waals surface area contributed by atoms with Crippen molar-refractivity contribution in [3.63, 3.8) is 0 Å². The van der Waals surface area contributed by atoms with Gasteiger partial charge in [-0.1, -0.05) is 11.6 Å². The van der Waals surface area contributed by atoms with Crippen LogP contribution in [0.25, 0.3) is 0 Å². The van der Waals surface area contributed by atoms with Gasteiger partial charge < -0.3 is 5.73 Å². The van der Waals surface area contributed by atoms with E-state index in [1.165, 1.54) is 6.07 Å². The van der Waals surface area contributed by atoms with Gasteiger partial charge in [0.05, 0.1) is 22.7 Å². The highest BCUT2D eigenvalue weighted by Gasteiger charge is 2.17. The highest BCUT2D eigenvalue weighted by atomic mass is 35.5. The smallest absolute Gasteiger partial charge is 0.275 e. The first-order valence-corrected chi connectivity index (χ1v) is 6.97. The van der Waals surface area contributed by atoms with E-state index in [1.807, 2.05) is 13.8 Å². The molecular weight excluding hydrogens is 292 g/mol. The molecule has 0 saturated heterocycles. The highest BCUT2D eigenvalue weighted by molar-refractivity contribution is 6.30. The zero-order valence-electron chi connectivity index (χ0n) is 12.0. The number of aromatic nitrogens is 2. The minimum Gasteiger partial charge on any atom is -0.330 e. The summed E-state index contributed by atoms with van der Waals surface area (Å²) in [5.41, 5.74) is 9.19. The van der Waals surface area contributed by atoms with E-state index in [0.29, 0.717) is 23.7 Å². The van der Waals surface area contributed by atoms with Gasteiger partial charge in [-0.15, -0.1) is 0 Å². The third-order valence-electron chi connectivity index (χ3n) is 3.49. The van der Waals surface area contributed by atoms with E-state index in [0.717, 1.165) is 23.4 Å². The molecule has 0 aliphatic heterocycles. The van der Waals surface area contributed by atoms with Crippen LogP contribution in [0.2, 0.25) is 5.02 Å². The molecule has 2 N–H and O–H groups in total. The van der Waals surface area contributed by atoms with Gasteiger partial charge in [0.2, 0.25) is 0 Å². The largest absolute Gasteiger partial charge is 0.330 e. The Morgan fingerprint density at radius 1 is 1.43 bits per heavy atom. The Balaban J connectivity index is 2.39. The van der Waals surface area contributed by atoms with Gasteiger partial charge in [-0.05, 0) is 44.5 Å². The van der Waals surface area contributed by atoms with Crippen molar-refractivity contribution in [1.82, 2.24) is 9.78 Å². The topological polar surface area (TPSA) is 87.0 Å². The van der Waals surface area contributed by atoms with E-state index < -0.39 is 4.92 Å². The first kappa shape index (κ1) is 15.5. The van der Waals surface area contributed by atoms with Gasteiger partial charge in [0.25, 0.3) is 5.69 Å². The second-order valence-electron chi connectivity index (χ2n) is 4.88. The Hall–Kier alpha value is -1.92. The molecule has 0 aliphatic rings. The number of nitro benzene ring substituents is 1. The molecule has 2 aromatic rings. The Bertz CT molecular complexity index is 682. The average Bonchev–Trinajstić information content (AvgIpc) is 2.68. The van der Waals surface area contributed by atoms with Crippen LogP contribution in [-0.2, 0) is 13.0 Å². The highest BCUT2D eigenvalue weighted by Crippen LogP contribution is 2.25. The van der Waals surface area contributed by atoms with Crippen LogP contribution in [0.3, 0.4) is 0 Å². The molecule has 112 valence electrons. The van der Waals surface area contributed by atoms with Crippen molar-refractivity contribution < 1.29 is 4.92 Å². The van der Waals surface area contributed by atoms with Gasteiger partial charge in [0.1, 0.15) is 0 Å². The molecule has 0 radical (unpaired) electrons. The van der Waals surface area contributed by atoms with Crippen LogP contribution in [0, 0.1) is 24.0 Å². The van der Waals surface area contributed by atoms with Crippen molar-refractivity contribution >= 4 is 17.3 Å². The quantitative estimate of drug-likeness (QED) is 0.679. The van der Waals surface area contributed by atoms with Gasteiger partial charge in [-0.2, -0.15) is 5.10 Å². The number of nitrogens with zero attached hydrogens (tertiary/aromatic N) is 3. The molecule has 0 amide bonds. The van der Waals surface area contributed by atoms with E-state index in [9.17, 15) is 10.1 Å². The van der Waals surface area contributed by atoms with E-state index in [2.05, 4.69) is 5.10 Å². The van der Waals surface area contributed by atoms with Gasteiger partial charge in [-0.3, -0.25) is 14.8 Å². The lowest BCUT2D eigenvalue weighted by Gasteiger charge is -2.07. The molecule has 0 aliphatic carbocycles. The number of nitrogens with two attached hydrogens (primary N) is 1. The molecule has 0 unspecified atom stereocenters. The van der Waals surface area contributed by atoms with Crippen LogP contribution < -0.4 is 5.73 Å². The molecule has 7 heteroatoms. The first-order chi connectivity index (χ1) is 9.93. The Kier molecular flexibility index (Phi) is 4.59. The first-order valence-electron chi connectivity index (χ1n) is 6.59. The molecule has 1 heterocycles. The molecule has 6 nitrogen and oxygen atoms in total. The van der Waals surface area contributed by atoms with E-state index in [-0.39, 0.29) is 5.69 Å². The molecule has 0 atom stereocenters. The van der Waals surface area contributed by atoms with Crippen LogP contribution >= 0.6 is 11.6 Å². The third-order valence-corrected chi connectivity index (χ3v) is 3.72. The van der Waals surface area contributed by atoms with Crippen molar-refractivity contribution in [2.75, 3.05) is 6.54 Å². The molecule has 0 fully saturated rings. The monoisotopic (exact) mass is 308 g/mol. The summed E-state index contributed by atoms with van der Waals surface area (Å²) in [7, 11) is 0. The Morgan fingerprint density at radius 3 is 2.76 bits per heavy atom. The molecule has 0 spiro atoms. The van der Waals surface area contributed by atoms with Crippen molar-refractivity contribution in [3.8, 4) is 0 Å². The van der Waals surface area contributed by atoms with Gasteiger partial charge in [0.15, 0.2) is 0 Å². The van der Waals surface area contributed by atoms with Crippen LogP contribution in [0.15, 0.2) is 18.2 Å². The molecule has 2 rings (SSSR count). The van der Waals surface area contributed by atoms with Crippen LogP contribution in [-0.4, -0.2) is 21.2 Å². The summed E-state index contributed by atoms with van der Waals surface area (Å²) in [4.78, 5) is 10.7. The van der Waals surface area contributed by atoms with Crippen molar-refractivity contribution in [2.24, 2.45) is 5.73 Å². The maximum absolute atomic E-state index is 11.1. The summed E-state index contributed by atoms with van der Waals surface area (Å²) >= 11 is 5.82. The van der Waals surface area contributed by atoms with E-state index in [1.54, 1.807) is 16.8 Å². The van der Waals surface area contributed by atoms with Crippen LogP contribution in [0.4, 0.5) is 5.69 Å². The molecule has 21 heavy (non-hydrogen) atoms. The number of nitro groups is 1. The summed E-state index contributed by atoms with van der Waals surface area (Å²) in [6, 6.07) is 4.68. The fraction of sp³-hybridized carbons (Fsp3) is 0.357. The van der Waals surface area contributed by atoms with Gasteiger partial charge >= 0.3 is 0 Å². The summed E-state index contributed by atoms with van der Waals surface area (Å²) in [6.45, 7) is 4.76. The molecule has 0 bridgehead atoms. The maximum atomic E-state index is 11.1. The number of halogens is 1. The van der Waals surface area contributed by atoms with E-state index >= 15 is 0 Å². The Labute approximate surface area is 127 Å². The number of aryl methyl sites for hydroxylation is 1. The number of rotatable bonds is 5. The second-order valence-corrected chi connectivity index (χ2v) is 5.31. The Morgan fingerprint density at radius 2 is 2.14 bits per heavy atom.